The summed E-state index contributed by atoms with van der Waals surface area (Å²) in [4.78, 5) is 3.85. The van der Waals surface area contributed by atoms with Crippen molar-refractivity contribution in [3.8, 4) is 0 Å². The highest BCUT2D eigenvalue weighted by Gasteiger charge is 2.03. The summed E-state index contributed by atoms with van der Waals surface area (Å²) >= 11 is 5.57. The molecule has 0 bridgehead atoms. The van der Waals surface area contributed by atoms with E-state index in [-0.39, 0.29) is 5.75 Å². The van der Waals surface area contributed by atoms with E-state index in [9.17, 15) is 8.42 Å². The van der Waals surface area contributed by atoms with E-state index in [0.717, 1.165) is 5.56 Å². The maximum absolute atomic E-state index is 10.4. The van der Waals surface area contributed by atoms with Crippen LogP contribution in [-0.2, 0) is 16.5 Å². The fraction of sp³-hybridized carbons (Fsp3) is 0.375. The highest BCUT2D eigenvalue weighted by molar-refractivity contribution is 7.85. The first-order valence-electron chi connectivity index (χ1n) is 4.03. The molecule has 0 spiro atoms. The minimum atomic E-state index is -3.85. The van der Waals surface area contributed by atoms with Gasteiger partial charge in [0.1, 0.15) is 5.15 Å². The summed E-state index contributed by atoms with van der Waals surface area (Å²) in [6.45, 7) is 0. The van der Waals surface area contributed by atoms with Gasteiger partial charge < -0.3 is 0 Å². The van der Waals surface area contributed by atoms with Crippen molar-refractivity contribution in [2.24, 2.45) is 0 Å². The molecule has 1 heterocycles. The largest absolute Gasteiger partial charge is 0.286 e. The third-order valence-electron chi connectivity index (χ3n) is 1.66. The molecule has 0 aromatic carbocycles. The van der Waals surface area contributed by atoms with Crippen molar-refractivity contribution in [2.75, 3.05) is 5.75 Å². The number of hydrogen-bond acceptors (Lipinski definition) is 3. The van der Waals surface area contributed by atoms with Crippen LogP contribution < -0.4 is 0 Å². The van der Waals surface area contributed by atoms with Gasteiger partial charge in [0.05, 0.1) is 5.75 Å². The van der Waals surface area contributed by atoms with Crippen LogP contribution in [0, 0.1) is 0 Å². The lowest BCUT2D eigenvalue weighted by molar-refractivity contribution is 0.481. The van der Waals surface area contributed by atoms with E-state index >= 15 is 0 Å². The lowest BCUT2D eigenvalue weighted by Crippen LogP contribution is -2.04. The minimum absolute atomic E-state index is 0.227. The molecule has 1 rings (SSSR count). The molecule has 4 nitrogen and oxygen atoms in total. The third-order valence-corrected chi connectivity index (χ3v) is 2.68. The molecule has 0 amide bonds. The molecule has 0 radical (unpaired) electrons. The first kappa shape index (κ1) is 11.4. The van der Waals surface area contributed by atoms with Crippen LogP contribution in [0.2, 0.25) is 5.15 Å². The Morgan fingerprint density at radius 1 is 1.43 bits per heavy atom. The van der Waals surface area contributed by atoms with Gasteiger partial charge in [0.2, 0.25) is 0 Å². The third kappa shape index (κ3) is 4.55. The van der Waals surface area contributed by atoms with Crippen LogP contribution in [0.15, 0.2) is 18.3 Å². The maximum Gasteiger partial charge on any atom is 0.264 e. The number of rotatable bonds is 4. The quantitative estimate of drug-likeness (QED) is 0.635. The van der Waals surface area contributed by atoms with Gasteiger partial charge in [0, 0.05) is 6.20 Å². The smallest absolute Gasteiger partial charge is 0.264 e. The molecule has 0 aliphatic rings. The van der Waals surface area contributed by atoms with E-state index in [4.69, 9.17) is 16.2 Å². The summed E-state index contributed by atoms with van der Waals surface area (Å²) in [7, 11) is -3.85. The summed E-state index contributed by atoms with van der Waals surface area (Å²) in [6, 6.07) is 3.42. The predicted octanol–water partition coefficient (Wildman–Crippen LogP) is 1.56. The molecule has 1 N–H and O–H groups in total. The molecule has 0 saturated carbocycles. The van der Waals surface area contributed by atoms with Gasteiger partial charge in [-0.2, -0.15) is 8.42 Å². The van der Waals surface area contributed by atoms with Crippen molar-refractivity contribution in [1.29, 1.82) is 0 Å². The SMILES string of the molecule is O=S(=O)(O)CCCc1ccc(Cl)nc1. The zero-order chi connectivity index (χ0) is 10.6. The van der Waals surface area contributed by atoms with Crippen LogP contribution in [0.4, 0.5) is 0 Å². The molecule has 0 atom stereocenters. The fourth-order valence-electron chi connectivity index (χ4n) is 1.01. The Bertz CT molecular complexity index is 388. The van der Waals surface area contributed by atoms with E-state index in [1.54, 1.807) is 18.3 Å². The molecule has 1 aromatic heterocycles. The summed E-state index contributed by atoms with van der Waals surface area (Å²) in [5, 5.41) is 0.406. The number of aryl methyl sites for hydroxylation is 1. The monoisotopic (exact) mass is 235 g/mol. The molecule has 14 heavy (non-hydrogen) atoms. The molecule has 78 valence electrons. The van der Waals surface area contributed by atoms with Gasteiger partial charge in [-0.1, -0.05) is 17.7 Å². The highest BCUT2D eigenvalue weighted by Crippen LogP contribution is 2.07. The van der Waals surface area contributed by atoms with Gasteiger partial charge in [-0.05, 0) is 24.5 Å². The van der Waals surface area contributed by atoms with Gasteiger partial charge >= 0.3 is 0 Å². The van der Waals surface area contributed by atoms with Gasteiger partial charge in [0.15, 0.2) is 0 Å². The standard InChI is InChI=1S/C8H10ClNO3S/c9-8-4-3-7(6-10-8)2-1-5-14(11,12)13/h3-4,6H,1-2,5H2,(H,11,12,13). The predicted molar refractivity (Wildman–Crippen MR) is 54.0 cm³/mol. The molecule has 6 heteroatoms. The van der Waals surface area contributed by atoms with Gasteiger partial charge in [-0.15, -0.1) is 0 Å². The average molecular weight is 236 g/mol. The van der Waals surface area contributed by atoms with E-state index in [1.807, 2.05) is 0 Å². The molecule has 0 unspecified atom stereocenters. The minimum Gasteiger partial charge on any atom is -0.286 e. The topological polar surface area (TPSA) is 67.3 Å². The van der Waals surface area contributed by atoms with Gasteiger partial charge in [0.25, 0.3) is 10.1 Å². The second-order valence-electron chi connectivity index (χ2n) is 2.88. The van der Waals surface area contributed by atoms with Crippen LogP contribution in [0.3, 0.4) is 0 Å². The second-order valence-corrected chi connectivity index (χ2v) is 4.84. The zero-order valence-corrected chi connectivity index (χ0v) is 8.92. The van der Waals surface area contributed by atoms with E-state index in [2.05, 4.69) is 4.98 Å². The second kappa shape index (κ2) is 4.72. The number of hydrogen-bond donors (Lipinski definition) is 1. The molecule has 0 aliphatic carbocycles. The number of nitrogens with zero attached hydrogens (tertiary/aromatic N) is 1. The Morgan fingerprint density at radius 2 is 2.14 bits per heavy atom. The summed E-state index contributed by atoms with van der Waals surface area (Å²) < 4.78 is 29.3. The van der Waals surface area contributed by atoms with Crippen molar-refractivity contribution < 1.29 is 13.0 Å². The van der Waals surface area contributed by atoms with Gasteiger partial charge in [-0.3, -0.25) is 4.55 Å². The first-order chi connectivity index (χ1) is 6.47. The Balaban J connectivity index is 2.43. The highest BCUT2D eigenvalue weighted by atomic mass is 35.5. The van der Waals surface area contributed by atoms with Crippen molar-refractivity contribution >= 4 is 21.7 Å². The molecular weight excluding hydrogens is 226 g/mol. The lowest BCUT2D eigenvalue weighted by Gasteiger charge is -1.99. The number of halogens is 1. The van der Waals surface area contributed by atoms with Crippen molar-refractivity contribution in [2.45, 2.75) is 12.8 Å². The van der Waals surface area contributed by atoms with Gasteiger partial charge in [-0.25, -0.2) is 4.98 Å². The number of aromatic nitrogens is 1. The summed E-state index contributed by atoms with van der Waals surface area (Å²) in [5.41, 5.74) is 0.901. The van der Waals surface area contributed by atoms with E-state index in [0.29, 0.717) is 18.0 Å². The van der Waals surface area contributed by atoms with E-state index < -0.39 is 10.1 Å². The first-order valence-corrected chi connectivity index (χ1v) is 6.02. The van der Waals surface area contributed by atoms with Crippen LogP contribution in [0.1, 0.15) is 12.0 Å². The molecule has 1 aromatic rings. The zero-order valence-electron chi connectivity index (χ0n) is 7.35. The Morgan fingerprint density at radius 3 is 2.64 bits per heavy atom. The van der Waals surface area contributed by atoms with E-state index in [1.165, 1.54) is 0 Å². The van der Waals surface area contributed by atoms with Crippen LogP contribution in [0.5, 0.6) is 0 Å². The maximum atomic E-state index is 10.4. The van der Waals surface area contributed by atoms with Crippen LogP contribution in [-0.4, -0.2) is 23.7 Å². The molecular formula is C8H10ClNO3S. The van der Waals surface area contributed by atoms with Crippen LogP contribution in [0.25, 0.3) is 0 Å². The lowest BCUT2D eigenvalue weighted by atomic mass is 10.2. The summed E-state index contributed by atoms with van der Waals surface area (Å²) in [5.74, 6) is -0.227. The molecule has 0 fully saturated rings. The fourth-order valence-corrected chi connectivity index (χ4v) is 1.63. The van der Waals surface area contributed by atoms with Crippen molar-refractivity contribution in [1.82, 2.24) is 4.98 Å². The Kier molecular flexibility index (Phi) is 3.86. The number of pyridine rings is 1. The Hall–Kier alpha value is -0.650. The van der Waals surface area contributed by atoms with Crippen molar-refractivity contribution in [3.63, 3.8) is 0 Å². The Labute approximate surface area is 87.7 Å². The normalized spacial score (nSPS) is 11.6. The molecule has 0 saturated heterocycles. The van der Waals surface area contributed by atoms with Crippen molar-refractivity contribution in [3.05, 3.63) is 29.0 Å². The molecule has 0 aliphatic heterocycles. The average Bonchev–Trinajstić information content (AvgIpc) is 2.06. The van der Waals surface area contributed by atoms with Crippen LogP contribution >= 0.6 is 11.6 Å². The summed E-state index contributed by atoms with van der Waals surface area (Å²) in [6.07, 6.45) is 2.53.